The summed E-state index contributed by atoms with van der Waals surface area (Å²) in [5.41, 5.74) is 2.57. The molecule has 1 aliphatic carbocycles. The van der Waals surface area contributed by atoms with E-state index < -0.39 is 0 Å². The minimum Gasteiger partial charge on any atom is -0.241 e. The van der Waals surface area contributed by atoms with E-state index in [9.17, 15) is 0 Å². The second-order valence-electron chi connectivity index (χ2n) is 4.11. The van der Waals surface area contributed by atoms with Crippen LogP contribution in [0, 0.1) is 0 Å². The average molecular weight is 294 g/mol. The zero-order chi connectivity index (χ0) is 11.0. The number of benzene rings is 1. The van der Waals surface area contributed by atoms with Gasteiger partial charge >= 0.3 is 0 Å². The first kappa shape index (κ1) is 10.5. The number of thiazole rings is 1. The number of hydrogen-bond acceptors (Lipinski definition) is 2. The van der Waals surface area contributed by atoms with Crippen LogP contribution in [0.15, 0.2) is 28.7 Å². The van der Waals surface area contributed by atoms with Gasteiger partial charge < -0.3 is 0 Å². The van der Waals surface area contributed by atoms with E-state index in [1.807, 2.05) is 11.3 Å². The topological polar surface area (TPSA) is 12.9 Å². The minimum absolute atomic E-state index is 1.12. The van der Waals surface area contributed by atoms with E-state index in [1.54, 1.807) is 0 Å². The summed E-state index contributed by atoms with van der Waals surface area (Å²) in [4.78, 5) is 6.26. The summed E-state index contributed by atoms with van der Waals surface area (Å²) in [7, 11) is 0. The summed E-state index contributed by atoms with van der Waals surface area (Å²) in [5.74, 6) is 0. The largest absolute Gasteiger partial charge is 0.241 e. The molecular formula is C13H12BrNS. The van der Waals surface area contributed by atoms with Gasteiger partial charge in [-0.2, -0.15) is 0 Å². The summed E-state index contributed by atoms with van der Waals surface area (Å²) in [6.07, 6.45) is 5.02. The Labute approximate surface area is 108 Å². The smallest absolute Gasteiger partial charge is 0.123 e. The van der Waals surface area contributed by atoms with E-state index in [-0.39, 0.29) is 0 Å². The number of aryl methyl sites for hydroxylation is 2. The summed E-state index contributed by atoms with van der Waals surface area (Å²) < 4.78 is 1.12. The van der Waals surface area contributed by atoms with E-state index in [4.69, 9.17) is 4.98 Å². The number of fused-ring (bicyclic) bond motifs is 1. The number of rotatable bonds is 1. The van der Waals surface area contributed by atoms with Crippen LogP contribution in [0.4, 0.5) is 0 Å². The molecule has 16 heavy (non-hydrogen) atoms. The second kappa shape index (κ2) is 4.30. The molecule has 1 heterocycles. The van der Waals surface area contributed by atoms with Crippen molar-refractivity contribution in [2.45, 2.75) is 25.7 Å². The number of nitrogens with zero attached hydrogens (tertiary/aromatic N) is 1. The van der Waals surface area contributed by atoms with E-state index in [1.165, 1.54) is 46.8 Å². The van der Waals surface area contributed by atoms with Gasteiger partial charge in [0.1, 0.15) is 5.01 Å². The molecule has 0 bridgehead atoms. The van der Waals surface area contributed by atoms with Crippen LogP contribution in [-0.4, -0.2) is 4.98 Å². The van der Waals surface area contributed by atoms with Gasteiger partial charge in [-0.1, -0.05) is 28.1 Å². The van der Waals surface area contributed by atoms with Crippen LogP contribution >= 0.6 is 27.3 Å². The van der Waals surface area contributed by atoms with Gasteiger partial charge in [0.05, 0.1) is 5.69 Å². The number of hydrogen-bond donors (Lipinski definition) is 0. The highest BCUT2D eigenvalue weighted by atomic mass is 79.9. The molecule has 0 atom stereocenters. The second-order valence-corrected chi connectivity index (χ2v) is 6.11. The fraction of sp³-hybridized carbons (Fsp3) is 0.308. The van der Waals surface area contributed by atoms with Crippen LogP contribution in [0.3, 0.4) is 0 Å². The van der Waals surface area contributed by atoms with Crippen molar-refractivity contribution in [1.29, 1.82) is 0 Å². The fourth-order valence-corrected chi connectivity index (χ4v) is 3.64. The van der Waals surface area contributed by atoms with Gasteiger partial charge in [0, 0.05) is 14.9 Å². The maximum Gasteiger partial charge on any atom is 0.123 e. The Hall–Kier alpha value is -0.670. The molecule has 1 aromatic heterocycles. The maximum absolute atomic E-state index is 4.76. The molecule has 0 saturated carbocycles. The molecule has 1 nitrogen and oxygen atoms in total. The van der Waals surface area contributed by atoms with Crippen molar-refractivity contribution in [2.24, 2.45) is 0 Å². The van der Waals surface area contributed by atoms with Gasteiger partial charge in [-0.25, -0.2) is 4.98 Å². The molecular weight excluding hydrogens is 282 g/mol. The first-order chi connectivity index (χ1) is 7.83. The van der Waals surface area contributed by atoms with Gasteiger partial charge in [0.15, 0.2) is 0 Å². The molecule has 0 N–H and O–H groups in total. The highest BCUT2D eigenvalue weighted by Gasteiger charge is 2.15. The fourth-order valence-electron chi connectivity index (χ4n) is 2.10. The predicted octanol–water partition coefficient (Wildman–Crippen LogP) is 4.45. The Kier molecular flexibility index (Phi) is 2.82. The summed E-state index contributed by atoms with van der Waals surface area (Å²) in [6.45, 7) is 0. The van der Waals surface area contributed by atoms with Crippen molar-refractivity contribution >= 4 is 27.3 Å². The van der Waals surface area contributed by atoms with Crippen LogP contribution in [0.25, 0.3) is 10.6 Å². The molecule has 3 rings (SSSR count). The van der Waals surface area contributed by atoms with Crippen molar-refractivity contribution < 1.29 is 0 Å². The lowest BCUT2D eigenvalue weighted by molar-refractivity contribution is 0.682. The Morgan fingerprint density at radius 2 is 2.06 bits per heavy atom. The first-order valence-corrected chi connectivity index (χ1v) is 7.18. The van der Waals surface area contributed by atoms with Gasteiger partial charge in [-0.05, 0) is 37.8 Å². The molecule has 82 valence electrons. The van der Waals surface area contributed by atoms with E-state index in [0.717, 1.165) is 4.47 Å². The molecule has 0 fully saturated rings. The minimum atomic E-state index is 1.12. The molecule has 1 aromatic carbocycles. The zero-order valence-electron chi connectivity index (χ0n) is 8.87. The van der Waals surface area contributed by atoms with Gasteiger partial charge in [-0.15, -0.1) is 11.3 Å². The van der Waals surface area contributed by atoms with Crippen molar-refractivity contribution in [2.75, 3.05) is 0 Å². The van der Waals surface area contributed by atoms with Crippen molar-refractivity contribution in [3.05, 3.63) is 39.3 Å². The van der Waals surface area contributed by atoms with E-state index in [2.05, 4.69) is 40.2 Å². The first-order valence-electron chi connectivity index (χ1n) is 5.57. The van der Waals surface area contributed by atoms with Crippen molar-refractivity contribution in [3.63, 3.8) is 0 Å². The summed E-state index contributed by atoms with van der Waals surface area (Å²) in [6, 6.07) is 8.40. The van der Waals surface area contributed by atoms with Crippen LogP contribution in [0.5, 0.6) is 0 Å². The third-order valence-electron chi connectivity index (χ3n) is 2.92. The monoisotopic (exact) mass is 293 g/mol. The highest BCUT2D eigenvalue weighted by Crippen LogP contribution is 2.33. The molecule has 0 aliphatic heterocycles. The van der Waals surface area contributed by atoms with E-state index in [0.29, 0.717) is 0 Å². The standard InChI is InChI=1S/C13H12BrNS/c14-10-5-3-4-9(8-10)13-15-11-6-1-2-7-12(11)16-13/h3-5,8H,1-2,6-7H2. The van der Waals surface area contributed by atoms with Crippen molar-refractivity contribution in [1.82, 2.24) is 4.98 Å². The Morgan fingerprint density at radius 3 is 2.88 bits per heavy atom. The summed E-state index contributed by atoms with van der Waals surface area (Å²) in [5, 5.41) is 1.17. The molecule has 0 unspecified atom stereocenters. The summed E-state index contributed by atoms with van der Waals surface area (Å²) >= 11 is 5.37. The third kappa shape index (κ3) is 1.94. The van der Waals surface area contributed by atoms with E-state index >= 15 is 0 Å². The van der Waals surface area contributed by atoms with Crippen LogP contribution < -0.4 is 0 Å². The molecule has 0 spiro atoms. The number of aromatic nitrogens is 1. The Balaban J connectivity index is 2.03. The SMILES string of the molecule is Brc1cccc(-c2nc3c(s2)CCCC3)c1. The van der Waals surface area contributed by atoms with Crippen LogP contribution in [0.1, 0.15) is 23.4 Å². The van der Waals surface area contributed by atoms with Gasteiger partial charge in [0.2, 0.25) is 0 Å². The highest BCUT2D eigenvalue weighted by molar-refractivity contribution is 9.10. The average Bonchev–Trinajstić information content (AvgIpc) is 2.72. The Bertz CT molecular complexity index is 495. The lowest BCUT2D eigenvalue weighted by Crippen LogP contribution is -1.98. The molecule has 0 amide bonds. The zero-order valence-corrected chi connectivity index (χ0v) is 11.3. The van der Waals surface area contributed by atoms with Crippen molar-refractivity contribution in [3.8, 4) is 10.6 Å². The molecule has 3 heteroatoms. The normalized spacial score (nSPS) is 14.8. The molecule has 0 radical (unpaired) electrons. The van der Waals surface area contributed by atoms with Gasteiger partial charge in [-0.3, -0.25) is 0 Å². The molecule has 1 aliphatic rings. The lowest BCUT2D eigenvalue weighted by atomic mass is 10.0. The third-order valence-corrected chi connectivity index (χ3v) is 4.62. The Morgan fingerprint density at radius 1 is 1.19 bits per heavy atom. The predicted molar refractivity (Wildman–Crippen MR) is 71.9 cm³/mol. The quantitative estimate of drug-likeness (QED) is 0.757. The molecule has 2 aromatic rings. The number of halogens is 1. The van der Waals surface area contributed by atoms with Gasteiger partial charge in [0.25, 0.3) is 0 Å². The molecule has 0 saturated heterocycles. The maximum atomic E-state index is 4.76. The van der Waals surface area contributed by atoms with Crippen LogP contribution in [0.2, 0.25) is 0 Å². The van der Waals surface area contributed by atoms with Crippen LogP contribution in [-0.2, 0) is 12.8 Å². The lowest BCUT2D eigenvalue weighted by Gasteiger charge is -2.06.